The summed E-state index contributed by atoms with van der Waals surface area (Å²) in [6.07, 6.45) is 4.90. The van der Waals surface area contributed by atoms with E-state index < -0.39 is 6.04 Å². The highest BCUT2D eigenvalue weighted by atomic mass is 16.5. The smallest absolute Gasteiger partial charge is 0.255 e. The monoisotopic (exact) mass is 453 g/mol. The Labute approximate surface area is 193 Å². The maximum absolute atomic E-state index is 13.0. The van der Waals surface area contributed by atoms with Crippen molar-refractivity contribution in [1.29, 1.82) is 0 Å². The van der Waals surface area contributed by atoms with Crippen molar-refractivity contribution in [3.8, 4) is 5.75 Å². The summed E-state index contributed by atoms with van der Waals surface area (Å²) in [6.45, 7) is 5.16. The Kier molecular flexibility index (Phi) is 5.18. The number of nitrogens with zero attached hydrogens (tertiary/aromatic N) is 2. The molecule has 8 heteroatoms. The maximum atomic E-state index is 13.0. The number of carbonyl (C=O) groups excluding carboxylic acids is 3. The van der Waals surface area contributed by atoms with Gasteiger partial charge in [-0.1, -0.05) is 0 Å². The Morgan fingerprint density at radius 2 is 1.91 bits per heavy atom. The number of benzene rings is 1. The molecule has 2 bridgehead atoms. The van der Waals surface area contributed by atoms with Gasteiger partial charge in [0.05, 0.1) is 6.10 Å². The van der Waals surface area contributed by atoms with Crippen molar-refractivity contribution in [2.24, 2.45) is 11.8 Å². The number of nitrogens with one attached hydrogen (secondary N) is 1. The molecule has 0 spiro atoms. The van der Waals surface area contributed by atoms with Crippen LogP contribution in [0.2, 0.25) is 0 Å². The molecule has 8 nitrogen and oxygen atoms in total. The minimum absolute atomic E-state index is 0.147. The van der Waals surface area contributed by atoms with Gasteiger partial charge in [-0.15, -0.1) is 0 Å². The first kappa shape index (κ1) is 21.1. The van der Waals surface area contributed by atoms with Gasteiger partial charge in [-0.3, -0.25) is 24.6 Å². The van der Waals surface area contributed by atoms with E-state index in [-0.39, 0.29) is 30.2 Å². The molecule has 1 aromatic rings. The first-order valence-corrected chi connectivity index (χ1v) is 12.3. The van der Waals surface area contributed by atoms with Gasteiger partial charge in [-0.2, -0.15) is 0 Å². The molecule has 2 aliphatic carbocycles. The number of ether oxygens (including phenoxy) is 2. The van der Waals surface area contributed by atoms with E-state index in [9.17, 15) is 14.4 Å². The van der Waals surface area contributed by atoms with Crippen LogP contribution in [0.4, 0.5) is 0 Å². The van der Waals surface area contributed by atoms with Crippen LogP contribution in [0, 0.1) is 11.8 Å². The Bertz CT molecular complexity index is 990. The fourth-order valence-corrected chi connectivity index (χ4v) is 6.72. The van der Waals surface area contributed by atoms with Gasteiger partial charge in [-0.25, -0.2) is 0 Å². The van der Waals surface area contributed by atoms with E-state index in [0.29, 0.717) is 42.5 Å². The van der Waals surface area contributed by atoms with E-state index in [2.05, 4.69) is 10.2 Å². The minimum Gasteiger partial charge on any atom is -0.488 e. The first-order chi connectivity index (χ1) is 16.0. The van der Waals surface area contributed by atoms with Gasteiger partial charge < -0.3 is 14.4 Å². The van der Waals surface area contributed by atoms with E-state index in [1.807, 2.05) is 25.1 Å². The van der Waals surface area contributed by atoms with Crippen LogP contribution < -0.4 is 10.1 Å². The fraction of sp³-hybridized carbons (Fsp3) is 0.640. The zero-order valence-electron chi connectivity index (χ0n) is 19.0. The largest absolute Gasteiger partial charge is 0.488 e. The quantitative estimate of drug-likeness (QED) is 0.660. The van der Waals surface area contributed by atoms with Crippen LogP contribution in [0.1, 0.15) is 54.9 Å². The Morgan fingerprint density at radius 3 is 2.70 bits per heavy atom. The third-order valence-electron chi connectivity index (χ3n) is 8.27. The normalized spacial score (nSPS) is 33.9. The molecular formula is C25H31N3O5. The number of likely N-dealkylation sites (tertiary alicyclic amines) is 1. The Hall–Kier alpha value is -2.45. The van der Waals surface area contributed by atoms with Gasteiger partial charge in [-0.05, 0) is 68.2 Å². The van der Waals surface area contributed by atoms with Gasteiger partial charge in [0.25, 0.3) is 5.91 Å². The number of imide groups is 1. The highest BCUT2D eigenvalue weighted by Crippen LogP contribution is 2.49. The summed E-state index contributed by atoms with van der Waals surface area (Å²) >= 11 is 0. The number of hydrogen-bond acceptors (Lipinski definition) is 6. The number of piperidine rings is 1. The molecule has 4 fully saturated rings. The fourth-order valence-electron chi connectivity index (χ4n) is 6.72. The topological polar surface area (TPSA) is 88.2 Å². The number of rotatable bonds is 6. The lowest BCUT2D eigenvalue weighted by molar-refractivity contribution is -0.136. The lowest BCUT2D eigenvalue weighted by Crippen LogP contribution is -2.61. The average Bonchev–Trinajstić information content (AvgIpc) is 3.45. The van der Waals surface area contributed by atoms with Crippen LogP contribution >= 0.6 is 0 Å². The highest BCUT2D eigenvalue weighted by molar-refractivity contribution is 6.05. The minimum atomic E-state index is -0.591. The molecule has 5 atom stereocenters. The van der Waals surface area contributed by atoms with Crippen LogP contribution in [0.25, 0.3) is 0 Å². The summed E-state index contributed by atoms with van der Waals surface area (Å²) in [6, 6.07) is 5.55. The second-order valence-electron chi connectivity index (χ2n) is 10.2. The predicted molar refractivity (Wildman–Crippen MR) is 119 cm³/mol. The standard InChI is InChI=1S/C25H31N3O5/c1-2-32-18-12-27(13-18)22-14-3-4-15(9-14)23(22)33-17-5-6-19-16(10-17)11-28(25(19)31)20-7-8-21(29)26-24(20)30/h5-6,10,14-15,18,20,22-23H,2-4,7-9,11-13H2,1H3,(H,26,29,30)/t14-,15+,20?,22?,23+/m1/s1. The van der Waals surface area contributed by atoms with Crippen LogP contribution in [0.15, 0.2) is 18.2 Å². The average molecular weight is 454 g/mol. The molecular weight excluding hydrogens is 422 g/mol. The molecule has 2 saturated carbocycles. The maximum Gasteiger partial charge on any atom is 0.255 e. The molecule has 0 aromatic heterocycles. The molecule has 33 heavy (non-hydrogen) atoms. The Morgan fingerprint density at radius 1 is 1.09 bits per heavy atom. The van der Waals surface area contributed by atoms with Gasteiger partial charge in [0.1, 0.15) is 17.9 Å². The van der Waals surface area contributed by atoms with Gasteiger partial charge >= 0.3 is 0 Å². The van der Waals surface area contributed by atoms with Crippen molar-refractivity contribution >= 4 is 17.7 Å². The van der Waals surface area contributed by atoms with E-state index in [1.54, 1.807) is 4.90 Å². The number of carbonyl (C=O) groups is 3. The molecule has 1 aromatic carbocycles. The van der Waals surface area contributed by atoms with E-state index in [4.69, 9.17) is 9.47 Å². The molecule has 6 rings (SSSR count). The lowest BCUT2D eigenvalue weighted by atomic mass is 9.89. The number of fused-ring (bicyclic) bond motifs is 3. The van der Waals surface area contributed by atoms with E-state index >= 15 is 0 Å². The third-order valence-corrected chi connectivity index (χ3v) is 8.27. The molecule has 0 radical (unpaired) electrons. The third kappa shape index (κ3) is 3.54. The molecule has 176 valence electrons. The summed E-state index contributed by atoms with van der Waals surface area (Å²) in [7, 11) is 0. The van der Waals surface area contributed by atoms with E-state index in [1.165, 1.54) is 19.3 Å². The van der Waals surface area contributed by atoms with Gasteiger partial charge in [0, 0.05) is 44.3 Å². The van der Waals surface area contributed by atoms with Gasteiger partial charge in [0.15, 0.2) is 0 Å². The first-order valence-electron chi connectivity index (χ1n) is 12.3. The van der Waals surface area contributed by atoms with Crippen molar-refractivity contribution in [2.45, 2.75) is 69.9 Å². The molecule has 2 saturated heterocycles. The second-order valence-corrected chi connectivity index (χ2v) is 10.2. The molecule has 1 N–H and O–H groups in total. The summed E-state index contributed by atoms with van der Waals surface area (Å²) in [4.78, 5) is 40.9. The van der Waals surface area contributed by atoms with Crippen LogP contribution in [-0.2, 0) is 20.9 Å². The van der Waals surface area contributed by atoms with Crippen molar-refractivity contribution in [3.63, 3.8) is 0 Å². The van der Waals surface area contributed by atoms with Crippen molar-refractivity contribution < 1.29 is 23.9 Å². The zero-order valence-corrected chi connectivity index (χ0v) is 19.0. The zero-order chi connectivity index (χ0) is 22.7. The summed E-state index contributed by atoms with van der Waals surface area (Å²) < 4.78 is 12.4. The molecule has 2 unspecified atom stereocenters. The molecule has 3 amide bonds. The summed E-state index contributed by atoms with van der Waals surface area (Å²) in [5.41, 5.74) is 1.51. The van der Waals surface area contributed by atoms with Gasteiger partial charge in [0.2, 0.25) is 11.8 Å². The van der Waals surface area contributed by atoms with E-state index in [0.717, 1.165) is 31.0 Å². The van der Waals surface area contributed by atoms with Crippen LogP contribution in [0.3, 0.4) is 0 Å². The second kappa shape index (κ2) is 8.09. The van der Waals surface area contributed by atoms with Crippen LogP contribution in [-0.4, -0.2) is 71.5 Å². The molecule has 3 aliphatic heterocycles. The summed E-state index contributed by atoms with van der Waals surface area (Å²) in [5.74, 6) is 1.28. The lowest BCUT2D eigenvalue weighted by Gasteiger charge is -2.47. The van der Waals surface area contributed by atoms with Crippen molar-refractivity contribution in [2.75, 3.05) is 19.7 Å². The summed E-state index contributed by atoms with van der Waals surface area (Å²) in [5, 5.41) is 2.36. The number of hydrogen-bond donors (Lipinski definition) is 1. The van der Waals surface area contributed by atoms with Crippen molar-refractivity contribution in [1.82, 2.24) is 15.1 Å². The van der Waals surface area contributed by atoms with Crippen molar-refractivity contribution in [3.05, 3.63) is 29.3 Å². The van der Waals surface area contributed by atoms with Crippen LogP contribution in [0.5, 0.6) is 5.75 Å². The Balaban J connectivity index is 1.16. The predicted octanol–water partition coefficient (Wildman–Crippen LogP) is 1.71. The SMILES string of the molecule is CCOC1CN(C2[C@@H]3CC[C@@H](C3)[C@@H]2Oc2ccc3c(c2)CN(C2CCC(=O)NC2=O)C3=O)C1. The molecule has 3 heterocycles. The highest BCUT2D eigenvalue weighted by Gasteiger charge is 2.53. The molecule has 5 aliphatic rings. The number of amides is 3.